The Hall–Kier alpha value is -2.71. The van der Waals surface area contributed by atoms with Crippen LogP contribution in [0.5, 0.6) is 0 Å². The van der Waals surface area contributed by atoms with Crippen molar-refractivity contribution in [1.29, 1.82) is 0 Å². The number of hydrogen-bond acceptors (Lipinski definition) is 5. The lowest BCUT2D eigenvalue weighted by Crippen LogP contribution is -2.33. The maximum atomic E-state index is 13.4. The molecular weight excluding hydrogens is 398 g/mol. The second kappa shape index (κ2) is 7.03. The Morgan fingerprint density at radius 3 is 2.50 bits per heavy atom. The molecule has 0 N–H and O–H groups in total. The molecule has 0 atom stereocenters. The number of anilines is 1. The lowest BCUT2D eigenvalue weighted by Gasteiger charge is -2.23. The molecule has 0 saturated heterocycles. The minimum atomic E-state index is -3.85. The quantitative estimate of drug-likeness (QED) is 0.494. The monoisotopic (exact) mass is 415 g/mol. The van der Waals surface area contributed by atoms with E-state index >= 15 is 0 Å². The zero-order chi connectivity index (χ0) is 19.9. The highest BCUT2D eigenvalue weighted by molar-refractivity contribution is 7.92. The van der Waals surface area contributed by atoms with Crippen molar-refractivity contribution in [3.8, 4) is 0 Å². The molecule has 4 aromatic rings. The summed E-state index contributed by atoms with van der Waals surface area (Å²) < 4.78 is 29.9. The van der Waals surface area contributed by atoms with E-state index < -0.39 is 10.0 Å². The summed E-state index contributed by atoms with van der Waals surface area (Å²) in [4.78, 5) is 4.79. The van der Waals surface area contributed by atoms with E-state index in [1.807, 2.05) is 42.5 Å². The summed E-state index contributed by atoms with van der Waals surface area (Å²) in [5, 5.41) is 8.84. The van der Waals surface area contributed by atoms with Gasteiger partial charge in [-0.1, -0.05) is 30.7 Å². The van der Waals surface area contributed by atoms with Gasteiger partial charge in [0, 0.05) is 11.6 Å². The highest BCUT2D eigenvalue weighted by Crippen LogP contribution is 2.29. The van der Waals surface area contributed by atoms with Crippen molar-refractivity contribution in [3.05, 3.63) is 59.4 Å². The van der Waals surface area contributed by atoms with Crippen molar-refractivity contribution in [3.63, 3.8) is 0 Å². The molecule has 7 nitrogen and oxygen atoms in total. The molecule has 0 amide bonds. The van der Waals surface area contributed by atoms with Gasteiger partial charge in [0.1, 0.15) is 5.82 Å². The van der Waals surface area contributed by atoms with Crippen LogP contribution in [0.2, 0.25) is 5.02 Å². The van der Waals surface area contributed by atoms with Crippen molar-refractivity contribution in [1.82, 2.24) is 19.6 Å². The largest absolute Gasteiger partial charge is 0.274 e. The average Bonchev–Trinajstić information content (AvgIpc) is 3.08. The molecule has 2 aromatic heterocycles. The van der Waals surface area contributed by atoms with E-state index in [-0.39, 0.29) is 17.3 Å². The molecule has 0 unspecified atom stereocenters. The van der Waals surface area contributed by atoms with Crippen molar-refractivity contribution < 1.29 is 8.42 Å². The SMILES string of the molecule is CCCN(c1nc2ccccc2n2c(C)nnc12)S(=O)(=O)c1ccc(Cl)cc1. The van der Waals surface area contributed by atoms with Crippen LogP contribution in [-0.2, 0) is 10.0 Å². The van der Waals surface area contributed by atoms with Crippen LogP contribution in [0.15, 0.2) is 53.4 Å². The van der Waals surface area contributed by atoms with Gasteiger partial charge in [-0.25, -0.2) is 17.7 Å². The predicted molar refractivity (Wildman–Crippen MR) is 109 cm³/mol. The first-order valence-electron chi connectivity index (χ1n) is 8.82. The highest BCUT2D eigenvalue weighted by Gasteiger charge is 2.29. The van der Waals surface area contributed by atoms with E-state index in [1.165, 1.54) is 16.4 Å². The number of hydrogen-bond donors (Lipinski definition) is 0. The van der Waals surface area contributed by atoms with E-state index in [0.717, 1.165) is 5.52 Å². The summed E-state index contributed by atoms with van der Waals surface area (Å²) in [6.45, 7) is 4.00. The topological polar surface area (TPSA) is 80.5 Å². The number of para-hydroxylation sites is 2. The number of nitrogens with zero attached hydrogens (tertiary/aromatic N) is 5. The van der Waals surface area contributed by atoms with Crippen LogP contribution >= 0.6 is 11.6 Å². The fraction of sp³-hybridized carbons (Fsp3) is 0.211. The molecular formula is C19H18ClN5O2S. The number of halogens is 1. The Morgan fingerprint density at radius 2 is 1.79 bits per heavy atom. The lowest BCUT2D eigenvalue weighted by atomic mass is 10.3. The molecule has 0 saturated carbocycles. The van der Waals surface area contributed by atoms with Crippen molar-refractivity contribution in [2.45, 2.75) is 25.2 Å². The molecule has 9 heteroatoms. The zero-order valence-corrected chi connectivity index (χ0v) is 16.9. The lowest BCUT2D eigenvalue weighted by molar-refractivity contribution is 0.589. The third-order valence-corrected chi connectivity index (χ3v) is 6.49. The smallest absolute Gasteiger partial charge is 0.265 e. The second-order valence-corrected chi connectivity index (χ2v) is 8.66. The fourth-order valence-corrected chi connectivity index (χ4v) is 4.79. The van der Waals surface area contributed by atoms with Gasteiger partial charge in [-0.3, -0.25) is 4.40 Å². The zero-order valence-electron chi connectivity index (χ0n) is 15.4. The highest BCUT2D eigenvalue weighted by atomic mass is 35.5. The van der Waals surface area contributed by atoms with Gasteiger partial charge in [-0.05, 0) is 49.7 Å². The van der Waals surface area contributed by atoms with Gasteiger partial charge >= 0.3 is 0 Å². The van der Waals surface area contributed by atoms with Gasteiger partial charge in [0.2, 0.25) is 5.65 Å². The van der Waals surface area contributed by atoms with Crippen molar-refractivity contribution in [2.75, 3.05) is 10.8 Å². The molecule has 0 spiro atoms. The van der Waals surface area contributed by atoms with Crippen LogP contribution in [-0.4, -0.2) is 34.5 Å². The van der Waals surface area contributed by atoms with Crippen LogP contribution in [0, 0.1) is 6.92 Å². The molecule has 0 bridgehead atoms. The Morgan fingerprint density at radius 1 is 1.07 bits per heavy atom. The van der Waals surface area contributed by atoms with Gasteiger partial charge in [0.15, 0.2) is 5.82 Å². The summed E-state index contributed by atoms with van der Waals surface area (Å²) in [5.74, 6) is 0.922. The number of benzene rings is 2. The molecule has 0 aliphatic heterocycles. The van der Waals surface area contributed by atoms with Crippen LogP contribution in [0.4, 0.5) is 5.82 Å². The fourth-order valence-electron chi connectivity index (χ4n) is 3.15. The van der Waals surface area contributed by atoms with Gasteiger partial charge in [0.05, 0.1) is 15.9 Å². The number of aryl methyl sites for hydroxylation is 1. The van der Waals surface area contributed by atoms with Gasteiger partial charge in [0.25, 0.3) is 10.0 Å². The van der Waals surface area contributed by atoms with E-state index in [1.54, 1.807) is 12.1 Å². The summed E-state index contributed by atoms with van der Waals surface area (Å²) >= 11 is 5.92. The van der Waals surface area contributed by atoms with Crippen LogP contribution in [0.1, 0.15) is 19.2 Å². The first-order valence-corrected chi connectivity index (χ1v) is 10.6. The second-order valence-electron chi connectivity index (χ2n) is 6.36. The predicted octanol–water partition coefficient (Wildman–Crippen LogP) is 3.84. The van der Waals surface area contributed by atoms with Crippen LogP contribution in [0.25, 0.3) is 16.7 Å². The molecule has 2 aromatic carbocycles. The third kappa shape index (κ3) is 2.98. The Kier molecular flexibility index (Phi) is 4.68. The summed E-state index contributed by atoms with van der Waals surface area (Å²) in [5.41, 5.74) is 1.89. The van der Waals surface area contributed by atoms with E-state index in [4.69, 9.17) is 11.6 Å². The van der Waals surface area contributed by atoms with E-state index in [9.17, 15) is 8.42 Å². The van der Waals surface area contributed by atoms with Crippen molar-refractivity contribution >= 4 is 44.1 Å². The molecule has 0 aliphatic carbocycles. The summed E-state index contributed by atoms with van der Waals surface area (Å²) in [6.07, 6.45) is 0.612. The molecule has 28 heavy (non-hydrogen) atoms. The van der Waals surface area contributed by atoms with E-state index in [0.29, 0.717) is 28.4 Å². The number of aromatic nitrogens is 4. The van der Waals surface area contributed by atoms with Gasteiger partial charge in [-0.2, -0.15) is 0 Å². The number of fused-ring (bicyclic) bond motifs is 3. The first kappa shape index (κ1) is 18.6. The standard InChI is InChI=1S/C19H18ClN5O2S/c1-3-12-24(28(26,27)15-10-8-14(20)9-11-15)18-19-23-22-13(2)25(19)17-7-5-4-6-16(17)21-18/h4-11H,3,12H2,1-2H3. The van der Waals surface area contributed by atoms with Gasteiger partial charge in [-0.15, -0.1) is 10.2 Å². The average molecular weight is 416 g/mol. The molecule has 0 radical (unpaired) electrons. The minimum absolute atomic E-state index is 0.148. The summed E-state index contributed by atoms with van der Waals surface area (Å²) in [7, 11) is -3.85. The molecule has 0 aliphatic rings. The molecule has 144 valence electrons. The minimum Gasteiger partial charge on any atom is -0.274 e. The van der Waals surface area contributed by atoms with E-state index in [2.05, 4.69) is 15.2 Å². The third-order valence-electron chi connectivity index (χ3n) is 4.44. The maximum Gasteiger partial charge on any atom is 0.265 e. The Bertz CT molecular complexity index is 1270. The number of rotatable bonds is 5. The first-order chi connectivity index (χ1) is 13.4. The Labute approximate surface area is 167 Å². The van der Waals surface area contributed by atoms with Crippen LogP contribution in [0.3, 0.4) is 0 Å². The normalized spacial score (nSPS) is 12.0. The Balaban J connectivity index is 2.00. The number of sulfonamides is 1. The molecule has 4 rings (SSSR count). The van der Waals surface area contributed by atoms with Gasteiger partial charge < -0.3 is 0 Å². The maximum absolute atomic E-state index is 13.4. The van der Waals surface area contributed by atoms with Crippen molar-refractivity contribution in [2.24, 2.45) is 0 Å². The molecule has 0 fully saturated rings. The van der Waals surface area contributed by atoms with Crippen LogP contribution < -0.4 is 4.31 Å². The molecule has 2 heterocycles. The summed E-state index contributed by atoms with van der Waals surface area (Å²) in [6, 6.07) is 13.6.